The van der Waals surface area contributed by atoms with Gasteiger partial charge < -0.3 is 9.47 Å². The Balaban J connectivity index is 1.99. The maximum Gasteiger partial charge on any atom is 0.178 e. The first-order chi connectivity index (χ1) is 7.81. The summed E-state index contributed by atoms with van der Waals surface area (Å²) in [5, 5.41) is 0. The molecule has 0 aromatic heterocycles. The molecule has 1 saturated heterocycles. The molecule has 0 aromatic carbocycles. The second kappa shape index (κ2) is 3.58. The van der Waals surface area contributed by atoms with Crippen molar-refractivity contribution in [2.75, 3.05) is 13.2 Å². The molecule has 0 bridgehead atoms. The highest BCUT2D eigenvalue weighted by atomic mass is 16.7. The van der Waals surface area contributed by atoms with Gasteiger partial charge in [0.25, 0.3) is 0 Å². The number of rotatable bonds is 2. The minimum Gasteiger partial charge on any atom is -0.347 e. The lowest BCUT2D eigenvalue weighted by molar-refractivity contribution is -0.365. The highest BCUT2D eigenvalue weighted by Crippen LogP contribution is 2.68. The number of fused-ring (bicyclic) bond motifs is 2. The fourth-order valence-electron chi connectivity index (χ4n) is 4.48. The summed E-state index contributed by atoms with van der Waals surface area (Å²) in [6, 6.07) is 0. The standard InChI is InChI=1S/C14H22O2/c1-3-11-12-7-5-6-8-13(12,4-2)14(11)15-9-10-16-14/h5,7,11-12H,3-4,6,8-10H2,1-2H3. The zero-order valence-electron chi connectivity index (χ0n) is 10.4. The molecule has 0 N–H and O–H groups in total. The van der Waals surface area contributed by atoms with Crippen LogP contribution in [0.2, 0.25) is 0 Å². The van der Waals surface area contributed by atoms with E-state index in [0.717, 1.165) is 19.6 Å². The van der Waals surface area contributed by atoms with Crippen LogP contribution in [-0.4, -0.2) is 19.0 Å². The third kappa shape index (κ3) is 1.01. The van der Waals surface area contributed by atoms with E-state index < -0.39 is 0 Å². The lowest BCUT2D eigenvalue weighted by atomic mass is 9.44. The molecular formula is C14H22O2. The molecule has 90 valence electrons. The Morgan fingerprint density at radius 2 is 2.00 bits per heavy atom. The van der Waals surface area contributed by atoms with Crippen molar-refractivity contribution in [3.8, 4) is 0 Å². The Bertz CT molecular complexity index is 304. The van der Waals surface area contributed by atoms with Crippen molar-refractivity contribution >= 4 is 0 Å². The van der Waals surface area contributed by atoms with E-state index in [1.807, 2.05) is 0 Å². The fraction of sp³-hybridized carbons (Fsp3) is 0.857. The van der Waals surface area contributed by atoms with Gasteiger partial charge in [-0.15, -0.1) is 0 Å². The molecule has 1 aliphatic heterocycles. The summed E-state index contributed by atoms with van der Waals surface area (Å²) in [7, 11) is 0. The maximum absolute atomic E-state index is 6.09. The van der Waals surface area contributed by atoms with Crippen LogP contribution in [0.4, 0.5) is 0 Å². The normalized spacial score (nSPS) is 44.4. The largest absolute Gasteiger partial charge is 0.347 e. The van der Waals surface area contributed by atoms with Crippen LogP contribution < -0.4 is 0 Å². The maximum atomic E-state index is 6.09. The summed E-state index contributed by atoms with van der Waals surface area (Å²) in [5.41, 5.74) is 0.277. The summed E-state index contributed by atoms with van der Waals surface area (Å²) in [6.45, 7) is 6.13. The van der Waals surface area contributed by atoms with Crippen LogP contribution in [-0.2, 0) is 9.47 Å². The molecule has 0 amide bonds. The van der Waals surface area contributed by atoms with E-state index in [0.29, 0.717) is 11.8 Å². The SMILES string of the molecule is CCC1C2C=CCCC2(CC)C12OCCO2. The molecule has 3 aliphatic rings. The first-order valence-electron chi connectivity index (χ1n) is 6.75. The predicted octanol–water partition coefficient (Wildman–Crippen LogP) is 3.13. The summed E-state index contributed by atoms with van der Waals surface area (Å²) in [6.07, 6.45) is 9.55. The summed E-state index contributed by atoms with van der Waals surface area (Å²) in [5.74, 6) is 1.03. The minimum atomic E-state index is -0.230. The van der Waals surface area contributed by atoms with Gasteiger partial charge in [-0.05, 0) is 31.6 Å². The molecule has 2 aliphatic carbocycles. The van der Waals surface area contributed by atoms with E-state index in [9.17, 15) is 0 Å². The van der Waals surface area contributed by atoms with Crippen LogP contribution in [0.5, 0.6) is 0 Å². The van der Waals surface area contributed by atoms with E-state index >= 15 is 0 Å². The molecule has 16 heavy (non-hydrogen) atoms. The molecule has 0 radical (unpaired) electrons. The number of allylic oxidation sites excluding steroid dienone is 2. The minimum absolute atomic E-state index is 0.230. The average Bonchev–Trinajstić information content (AvgIpc) is 2.81. The quantitative estimate of drug-likeness (QED) is 0.668. The lowest BCUT2D eigenvalue weighted by Crippen LogP contribution is -2.71. The van der Waals surface area contributed by atoms with E-state index in [4.69, 9.17) is 9.47 Å². The van der Waals surface area contributed by atoms with E-state index in [-0.39, 0.29) is 11.2 Å². The van der Waals surface area contributed by atoms with Crippen LogP contribution in [0.25, 0.3) is 0 Å². The third-order valence-electron chi connectivity index (χ3n) is 5.14. The number of ether oxygens (including phenoxy) is 2. The van der Waals surface area contributed by atoms with Crippen molar-refractivity contribution in [1.29, 1.82) is 0 Å². The van der Waals surface area contributed by atoms with E-state index in [2.05, 4.69) is 26.0 Å². The monoisotopic (exact) mass is 222 g/mol. The van der Waals surface area contributed by atoms with Crippen molar-refractivity contribution < 1.29 is 9.47 Å². The van der Waals surface area contributed by atoms with Crippen LogP contribution in [0.3, 0.4) is 0 Å². The van der Waals surface area contributed by atoms with E-state index in [1.54, 1.807) is 0 Å². The zero-order chi connectivity index (χ0) is 11.2. The van der Waals surface area contributed by atoms with Gasteiger partial charge in [0.2, 0.25) is 0 Å². The molecular weight excluding hydrogens is 200 g/mol. The Hall–Kier alpha value is -0.340. The first kappa shape index (κ1) is 10.8. The second-order valence-corrected chi connectivity index (χ2v) is 5.38. The average molecular weight is 222 g/mol. The van der Waals surface area contributed by atoms with Gasteiger partial charge in [-0.1, -0.05) is 26.0 Å². The zero-order valence-corrected chi connectivity index (χ0v) is 10.4. The molecule has 2 heteroatoms. The third-order valence-corrected chi connectivity index (χ3v) is 5.14. The molecule has 1 saturated carbocycles. The van der Waals surface area contributed by atoms with Gasteiger partial charge in [-0.25, -0.2) is 0 Å². The van der Waals surface area contributed by atoms with Crippen LogP contribution in [0.15, 0.2) is 12.2 Å². The van der Waals surface area contributed by atoms with Gasteiger partial charge in [0, 0.05) is 11.3 Å². The van der Waals surface area contributed by atoms with Gasteiger partial charge in [-0.2, -0.15) is 0 Å². The molecule has 1 spiro atoms. The van der Waals surface area contributed by atoms with Gasteiger partial charge >= 0.3 is 0 Å². The summed E-state index contributed by atoms with van der Waals surface area (Å²) in [4.78, 5) is 0. The smallest absolute Gasteiger partial charge is 0.178 e. The van der Waals surface area contributed by atoms with Crippen LogP contribution in [0.1, 0.15) is 39.5 Å². The number of hydrogen-bond donors (Lipinski definition) is 0. The Morgan fingerprint density at radius 1 is 1.25 bits per heavy atom. The highest BCUT2D eigenvalue weighted by Gasteiger charge is 2.72. The summed E-state index contributed by atoms with van der Waals surface area (Å²) >= 11 is 0. The molecule has 0 aromatic rings. The van der Waals surface area contributed by atoms with Crippen LogP contribution in [0, 0.1) is 17.3 Å². The molecule has 3 atom stereocenters. The molecule has 1 heterocycles. The lowest BCUT2D eigenvalue weighted by Gasteiger charge is -2.66. The second-order valence-electron chi connectivity index (χ2n) is 5.38. The molecule has 2 fully saturated rings. The first-order valence-corrected chi connectivity index (χ1v) is 6.75. The number of hydrogen-bond acceptors (Lipinski definition) is 2. The highest BCUT2D eigenvalue weighted by molar-refractivity contribution is 5.23. The molecule has 3 unspecified atom stereocenters. The summed E-state index contributed by atoms with van der Waals surface area (Å²) < 4.78 is 12.2. The molecule has 2 nitrogen and oxygen atoms in total. The Kier molecular flexibility index (Phi) is 2.41. The van der Waals surface area contributed by atoms with Gasteiger partial charge in [0.15, 0.2) is 5.79 Å². The van der Waals surface area contributed by atoms with E-state index in [1.165, 1.54) is 19.3 Å². The van der Waals surface area contributed by atoms with Crippen molar-refractivity contribution in [2.24, 2.45) is 17.3 Å². The topological polar surface area (TPSA) is 18.5 Å². The predicted molar refractivity (Wildman–Crippen MR) is 63.0 cm³/mol. The van der Waals surface area contributed by atoms with Crippen LogP contribution >= 0.6 is 0 Å². The fourth-order valence-corrected chi connectivity index (χ4v) is 4.48. The Morgan fingerprint density at radius 3 is 2.62 bits per heavy atom. The van der Waals surface area contributed by atoms with Crippen molar-refractivity contribution in [3.63, 3.8) is 0 Å². The molecule has 3 rings (SSSR count). The Labute approximate surface area is 98.0 Å². The van der Waals surface area contributed by atoms with Gasteiger partial charge in [0.05, 0.1) is 13.2 Å². The van der Waals surface area contributed by atoms with Crippen molar-refractivity contribution in [3.05, 3.63) is 12.2 Å². The van der Waals surface area contributed by atoms with Gasteiger partial charge in [0.1, 0.15) is 0 Å². The van der Waals surface area contributed by atoms with Crippen molar-refractivity contribution in [1.82, 2.24) is 0 Å². The van der Waals surface area contributed by atoms with Gasteiger partial charge in [-0.3, -0.25) is 0 Å². The van der Waals surface area contributed by atoms with Crippen molar-refractivity contribution in [2.45, 2.75) is 45.3 Å².